The molecule has 1 saturated heterocycles. The third-order valence-electron chi connectivity index (χ3n) is 7.05. The number of urea groups is 1. The molecule has 1 unspecified atom stereocenters. The molecule has 0 bridgehead atoms. The fourth-order valence-corrected chi connectivity index (χ4v) is 5.86. The number of amidine groups is 1. The first kappa shape index (κ1) is 31.1. The van der Waals surface area contributed by atoms with Gasteiger partial charge in [0, 0.05) is 30.1 Å². The molecule has 2 amide bonds. The van der Waals surface area contributed by atoms with Gasteiger partial charge in [0.25, 0.3) is 0 Å². The lowest BCUT2D eigenvalue weighted by Gasteiger charge is -2.23. The molecule has 1 aliphatic heterocycles. The van der Waals surface area contributed by atoms with Gasteiger partial charge in [-0.25, -0.2) is 14.5 Å². The maximum atomic E-state index is 12.7. The molecule has 230 valence electrons. The Morgan fingerprint density at radius 2 is 1.77 bits per heavy atom. The van der Waals surface area contributed by atoms with Crippen molar-refractivity contribution >= 4 is 28.6 Å². The van der Waals surface area contributed by atoms with Gasteiger partial charge in [-0.15, -0.1) is 18.3 Å². The Hall–Kier alpha value is -4.32. The second-order valence-corrected chi connectivity index (χ2v) is 11.9. The second-order valence-electron chi connectivity index (χ2n) is 10.9. The van der Waals surface area contributed by atoms with Gasteiger partial charge < -0.3 is 15.0 Å². The molecule has 44 heavy (non-hydrogen) atoms. The third-order valence-corrected chi connectivity index (χ3v) is 8.01. The monoisotopic (exact) mass is 622 g/mol. The number of alkyl halides is 3. The number of amides is 2. The quantitative estimate of drug-likeness (QED) is 0.209. The van der Waals surface area contributed by atoms with E-state index >= 15 is 0 Å². The highest BCUT2D eigenvalue weighted by Crippen LogP contribution is 2.32. The normalized spacial score (nSPS) is 15.2. The van der Waals surface area contributed by atoms with Crippen LogP contribution < -0.4 is 15.0 Å². The summed E-state index contributed by atoms with van der Waals surface area (Å²) in [6.07, 6.45) is -2.48. The van der Waals surface area contributed by atoms with Crippen LogP contribution in [0.1, 0.15) is 37.8 Å². The summed E-state index contributed by atoms with van der Waals surface area (Å²) in [5.74, 6) is 1.62. The van der Waals surface area contributed by atoms with Gasteiger partial charge in [-0.2, -0.15) is 4.99 Å². The Morgan fingerprint density at radius 1 is 1.05 bits per heavy atom. The fraction of sp³-hybridized carbons (Fsp3) is 0.312. The van der Waals surface area contributed by atoms with Crippen LogP contribution >= 0.6 is 11.8 Å². The lowest BCUT2D eigenvalue weighted by molar-refractivity contribution is -0.274. The molecule has 4 aromatic rings. The van der Waals surface area contributed by atoms with E-state index in [1.807, 2.05) is 36.4 Å². The van der Waals surface area contributed by atoms with Crippen LogP contribution in [0.15, 0.2) is 84.1 Å². The molecule has 0 saturated carbocycles. The molecule has 1 N–H and O–H groups in total. The molecule has 3 aromatic carbocycles. The summed E-state index contributed by atoms with van der Waals surface area (Å²) < 4.78 is 42.6. The summed E-state index contributed by atoms with van der Waals surface area (Å²) in [7, 11) is 0. The van der Waals surface area contributed by atoms with E-state index in [0.717, 1.165) is 40.7 Å². The van der Waals surface area contributed by atoms with Crippen molar-refractivity contribution in [2.45, 2.75) is 39.5 Å². The van der Waals surface area contributed by atoms with E-state index in [9.17, 15) is 18.0 Å². The average Bonchev–Trinajstić information content (AvgIpc) is 3.66. The first-order chi connectivity index (χ1) is 21.1. The molecule has 1 aliphatic rings. The van der Waals surface area contributed by atoms with E-state index in [4.69, 9.17) is 0 Å². The number of hydrogen-bond acceptors (Lipinski definition) is 5. The van der Waals surface area contributed by atoms with E-state index < -0.39 is 6.36 Å². The van der Waals surface area contributed by atoms with Crippen LogP contribution in [0.2, 0.25) is 0 Å². The topological polar surface area (TPSA) is 84.6 Å². The molecular formula is C32H33F3N6O2S. The van der Waals surface area contributed by atoms with Crippen molar-refractivity contribution in [2.24, 2.45) is 10.9 Å². The van der Waals surface area contributed by atoms with Crippen molar-refractivity contribution in [2.75, 3.05) is 23.7 Å². The molecule has 2 heterocycles. The van der Waals surface area contributed by atoms with Gasteiger partial charge in [0.1, 0.15) is 12.1 Å². The smallest absolute Gasteiger partial charge is 0.406 e. The van der Waals surface area contributed by atoms with Crippen LogP contribution in [-0.2, 0) is 6.42 Å². The van der Waals surface area contributed by atoms with E-state index in [2.05, 4.69) is 62.9 Å². The maximum Gasteiger partial charge on any atom is 0.573 e. The largest absolute Gasteiger partial charge is 0.573 e. The van der Waals surface area contributed by atoms with Gasteiger partial charge in [-0.3, -0.25) is 0 Å². The molecule has 8 nitrogen and oxygen atoms in total. The number of nitrogens with zero attached hydrogens (tertiary/aromatic N) is 5. The number of rotatable bonds is 9. The van der Waals surface area contributed by atoms with Crippen LogP contribution in [0.25, 0.3) is 17.1 Å². The van der Waals surface area contributed by atoms with Gasteiger partial charge in [0.05, 0.1) is 5.69 Å². The molecular weight excluding hydrogens is 589 g/mol. The standard InChI is InChI=1S/C32H33F3N6O2S/c1-21(2)27-6-4-5-7-28(27)40-16-17-44-31(40)38-30(42)36-19-22(3)18-23-8-10-24(11-9-23)29-37-20-41(39-29)25-12-14-26(15-13-25)43-32(33,34)35/h4-15,20-22H,16-19H2,1-3H3,(H,36,42)/b38-31-. The zero-order chi connectivity index (χ0) is 31.3. The number of aromatic nitrogens is 3. The Bertz CT molecular complexity index is 1600. The first-order valence-electron chi connectivity index (χ1n) is 14.3. The van der Waals surface area contributed by atoms with Crippen molar-refractivity contribution in [3.63, 3.8) is 0 Å². The lowest BCUT2D eigenvalue weighted by Crippen LogP contribution is -2.30. The fourth-order valence-electron chi connectivity index (χ4n) is 4.91. The number of ether oxygens (including phenoxy) is 1. The summed E-state index contributed by atoms with van der Waals surface area (Å²) in [6.45, 7) is 7.71. The number of halogens is 3. The average molecular weight is 623 g/mol. The highest BCUT2D eigenvalue weighted by molar-refractivity contribution is 8.14. The summed E-state index contributed by atoms with van der Waals surface area (Å²) in [6, 6.07) is 21.2. The van der Waals surface area contributed by atoms with Gasteiger partial charge >= 0.3 is 12.4 Å². The SMILES string of the molecule is CC(CNC(=O)/N=C1\SCCN1c1ccccc1C(C)C)Cc1ccc(-c2ncn(-c3ccc(OC(F)(F)F)cc3)n2)cc1. The lowest BCUT2D eigenvalue weighted by atomic mass is 10.00. The Labute approximate surface area is 258 Å². The summed E-state index contributed by atoms with van der Waals surface area (Å²) in [5.41, 5.74) is 4.80. The van der Waals surface area contributed by atoms with E-state index in [1.165, 1.54) is 40.8 Å². The zero-order valence-electron chi connectivity index (χ0n) is 24.6. The number of aliphatic imine (C=N–C) groups is 1. The highest BCUT2D eigenvalue weighted by Gasteiger charge is 2.31. The van der Waals surface area contributed by atoms with Gasteiger partial charge in [-0.1, -0.05) is 75.0 Å². The van der Waals surface area contributed by atoms with Gasteiger partial charge in [0.15, 0.2) is 11.0 Å². The molecule has 0 aliphatic carbocycles. The van der Waals surface area contributed by atoms with Crippen LogP contribution in [-0.4, -0.2) is 51.2 Å². The summed E-state index contributed by atoms with van der Waals surface area (Å²) in [5, 5.41) is 8.13. The predicted octanol–water partition coefficient (Wildman–Crippen LogP) is 7.45. The number of anilines is 1. The van der Waals surface area contributed by atoms with Crippen LogP contribution in [0.3, 0.4) is 0 Å². The minimum atomic E-state index is -4.74. The Balaban J connectivity index is 1.14. The van der Waals surface area contributed by atoms with Crippen molar-refractivity contribution < 1.29 is 22.7 Å². The van der Waals surface area contributed by atoms with Crippen molar-refractivity contribution in [1.29, 1.82) is 0 Å². The van der Waals surface area contributed by atoms with Crippen LogP contribution in [0, 0.1) is 5.92 Å². The first-order valence-corrected chi connectivity index (χ1v) is 15.3. The van der Waals surface area contributed by atoms with Crippen LogP contribution in [0.4, 0.5) is 23.7 Å². The molecule has 5 rings (SSSR count). The van der Waals surface area contributed by atoms with E-state index in [-0.39, 0.29) is 17.7 Å². The number of benzene rings is 3. The summed E-state index contributed by atoms with van der Waals surface area (Å²) in [4.78, 5) is 23.6. The zero-order valence-corrected chi connectivity index (χ0v) is 25.4. The highest BCUT2D eigenvalue weighted by atomic mass is 32.2. The molecule has 1 atom stereocenters. The molecule has 0 spiro atoms. The number of carbonyl (C=O) groups excluding carboxylic acids is 1. The van der Waals surface area contributed by atoms with Crippen molar-refractivity contribution in [3.8, 4) is 22.8 Å². The predicted molar refractivity (Wildman–Crippen MR) is 168 cm³/mol. The minimum Gasteiger partial charge on any atom is -0.406 e. The van der Waals surface area contributed by atoms with E-state index in [1.54, 1.807) is 11.8 Å². The number of hydrogen-bond donors (Lipinski definition) is 1. The number of nitrogens with one attached hydrogen (secondary N) is 1. The third kappa shape index (κ3) is 7.98. The second kappa shape index (κ2) is 13.5. The molecule has 12 heteroatoms. The van der Waals surface area contributed by atoms with Crippen molar-refractivity contribution in [1.82, 2.24) is 20.1 Å². The van der Waals surface area contributed by atoms with E-state index in [0.29, 0.717) is 24.0 Å². The number of thioether (sulfide) groups is 1. The maximum absolute atomic E-state index is 12.7. The van der Waals surface area contributed by atoms with Crippen molar-refractivity contribution in [3.05, 3.63) is 90.3 Å². The number of carbonyl (C=O) groups is 1. The molecule has 0 radical (unpaired) electrons. The minimum absolute atomic E-state index is 0.181. The van der Waals surface area contributed by atoms with Crippen LogP contribution in [0.5, 0.6) is 5.75 Å². The van der Waals surface area contributed by atoms with Gasteiger partial charge in [0.2, 0.25) is 0 Å². The van der Waals surface area contributed by atoms with Gasteiger partial charge in [-0.05, 0) is 59.7 Å². The summed E-state index contributed by atoms with van der Waals surface area (Å²) >= 11 is 1.59. The number of para-hydroxylation sites is 1. The molecule has 1 fully saturated rings. The molecule has 1 aromatic heterocycles. The Morgan fingerprint density at radius 3 is 2.48 bits per heavy atom. The Kier molecular flexibility index (Phi) is 9.58.